The molecule has 0 bridgehead atoms. The first-order valence-electron chi connectivity index (χ1n) is 8.97. The number of rotatable bonds is 4. The first-order chi connectivity index (χ1) is 14.7. The molecule has 0 aliphatic carbocycles. The van der Waals surface area contributed by atoms with Gasteiger partial charge >= 0.3 is 0 Å². The van der Waals surface area contributed by atoms with Gasteiger partial charge in [-0.05, 0) is 36.4 Å². The third kappa shape index (κ3) is 3.63. The van der Waals surface area contributed by atoms with Crippen molar-refractivity contribution in [3.05, 3.63) is 76.7 Å². The number of nitrogens with zero attached hydrogens (tertiary/aromatic N) is 3. The molecule has 0 radical (unpaired) electrons. The van der Waals surface area contributed by atoms with Gasteiger partial charge in [0, 0.05) is 0 Å². The van der Waals surface area contributed by atoms with Gasteiger partial charge < -0.3 is 10.6 Å². The van der Waals surface area contributed by atoms with Crippen LogP contribution in [0.3, 0.4) is 0 Å². The molecule has 7 nitrogen and oxygen atoms in total. The fourth-order valence-electron chi connectivity index (χ4n) is 2.85. The van der Waals surface area contributed by atoms with E-state index in [1.54, 1.807) is 18.2 Å². The first-order valence-corrected chi connectivity index (χ1v) is 10.6. The van der Waals surface area contributed by atoms with Crippen LogP contribution < -0.4 is 10.6 Å². The number of hydrogen-bond acceptors (Lipinski definition) is 7. The molecule has 0 fully saturated rings. The number of para-hydroxylation sites is 2. The van der Waals surface area contributed by atoms with Gasteiger partial charge in [-0.2, -0.15) is 0 Å². The smallest absolute Gasteiger partial charge is 0.285 e. The largest absolute Gasteiger partial charge is 0.304 e. The second-order valence-corrected chi connectivity index (χ2v) is 8.35. The summed E-state index contributed by atoms with van der Waals surface area (Å²) in [6.07, 6.45) is 0. The van der Waals surface area contributed by atoms with Gasteiger partial charge in [0.2, 0.25) is 0 Å². The molecule has 5 aromatic rings. The van der Waals surface area contributed by atoms with Crippen LogP contribution in [-0.2, 0) is 0 Å². The number of carbonyl (C=O) groups excluding carboxylic acids is 2. The summed E-state index contributed by atoms with van der Waals surface area (Å²) in [5.74, 6) is -0.0561. The topological polar surface area (TPSA) is 96.9 Å². The maximum Gasteiger partial charge on any atom is 0.285 e. The number of aromatic nitrogens is 3. The highest BCUT2D eigenvalue weighted by molar-refractivity contribution is 7.20. The molecular formula is C21H13N5O2S2. The Labute approximate surface area is 178 Å². The van der Waals surface area contributed by atoms with Gasteiger partial charge in [-0.3, -0.25) is 9.59 Å². The number of benzene rings is 2. The molecule has 0 spiro atoms. The van der Waals surface area contributed by atoms with E-state index < -0.39 is 0 Å². The molecule has 0 unspecified atom stereocenters. The van der Waals surface area contributed by atoms with Crippen LogP contribution in [0.25, 0.3) is 20.4 Å². The summed E-state index contributed by atoms with van der Waals surface area (Å²) in [6, 6.07) is 20.1. The van der Waals surface area contributed by atoms with E-state index in [1.165, 1.54) is 22.7 Å². The summed E-state index contributed by atoms with van der Waals surface area (Å²) in [5, 5.41) is 6.15. The van der Waals surface area contributed by atoms with Gasteiger partial charge in [0.05, 0.1) is 20.4 Å². The Kier molecular flexibility index (Phi) is 4.66. The van der Waals surface area contributed by atoms with E-state index in [0.717, 1.165) is 20.4 Å². The Balaban J connectivity index is 1.32. The molecule has 2 N–H and O–H groups in total. The zero-order valence-electron chi connectivity index (χ0n) is 15.3. The van der Waals surface area contributed by atoms with Crippen LogP contribution in [0, 0.1) is 0 Å². The van der Waals surface area contributed by atoms with Crippen molar-refractivity contribution >= 4 is 66.6 Å². The lowest BCUT2D eigenvalue weighted by Crippen LogP contribution is -2.15. The third-order valence-corrected chi connectivity index (χ3v) is 6.28. The lowest BCUT2D eigenvalue weighted by atomic mass is 10.3. The molecule has 146 valence electrons. The summed E-state index contributed by atoms with van der Waals surface area (Å²) < 4.78 is 1.87. The molecular weight excluding hydrogens is 418 g/mol. The highest BCUT2D eigenvalue weighted by atomic mass is 32.1. The lowest BCUT2D eigenvalue weighted by Gasteiger charge is -2.06. The van der Waals surface area contributed by atoms with Crippen LogP contribution in [0.2, 0.25) is 0 Å². The fraction of sp³-hybridized carbons (Fsp3) is 0. The van der Waals surface area contributed by atoms with Crippen molar-refractivity contribution in [1.82, 2.24) is 15.0 Å². The predicted octanol–water partition coefficient (Wildman–Crippen LogP) is 4.81. The lowest BCUT2D eigenvalue weighted by molar-refractivity contribution is 0.101. The number of thiazole rings is 2. The average molecular weight is 432 g/mol. The summed E-state index contributed by atoms with van der Waals surface area (Å²) in [7, 11) is 0. The van der Waals surface area contributed by atoms with Crippen molar-refractivity contribution in [2.45, 2.75) is 0 Å². The van der Waals surface area contributed by atoms with Gasteiger partial charge in [0.1, 0.15) is 11.6 Å². The Morgan fingerprint density at radius 1 is 0.600 bits per heavy atom. The van der Waals surface area contributed by atoms with Crippen LogP contribution >= 0.6 is 22.7 Å². The van der Waals surface area contributed by atoms with E-state index >= 15 is 0 Å². The van der Waals surface area contributed by atoms with E-state index in [2.05, 4.69) is 25.6 Å². The molecule has 0 saturated carbocycles. The molecule has 5 rings (SSSR count). The number of anilines is 2. The van der Waals surface area contributed by atoms with Crippen molar-refractivity contribution in [2.75, 3.05) is 10.6 Å². The van der Waals surface area contributed by atoms with Crippen molar-refractivity contribution in [2.24, 2.45) is 0 Å². The van der Waals surface area contributed by atoms with Gasteiger partial charge in [-0.15, -0.1) is 22.7 Å². The summed E-state index contributed by atoms with van der Waals surface area (Å²) in [5.41, 5.74) is 1.55. The quantitative estimate of drug-likeness (QED) is 0.426. The molecule has 0 atom stereocenters. The minimum absolute atomic E-state index is 0.321. The van der Waals surface area contributed by atoms with Crippen LogP contribution in [0.5, 0.6) is 0 Å². The number of fused-ring (bicyclic) bond motifs is 2. The minimum atomic E-state index is -0.349. The van der Waals surface area contributed by atoms with Crippen molar-refractivity contribution in [3.8, 4) is 0 Å². The van der Waals surface area contributed by atoms with Crippen LogP contribution in [0.15, 0.2) is 66.7 Å². The maximum absolute atomic E-state index is 12.5. The first kappa shape index (κ1) is 18.3. The minimum Gasteiger partial charge on any atom is -0.304 e. The number of pyridine rings is 1. The van der Waals surface area contributed by atoms with E-state index in [4.69, 9.17) is 0 Å². The highest BCUT2D eigenvalue weighted by Crippen LogP contribution is 2.24. The van der Waals surface area contributed by atoms with Crippen molar-refractivity contribution in [3.63, 3.8) is 0 Å². The van der Waals surface area contributed by atoms with Gasteiger partial charge in [0.25, 0.3) is 11.8 Å². The molecule has 0 aliphatic rings. The number of carbonyl (C=O) groups is 2. The third-order valence-electron chi connectivity index (χ3n) is 4.21. The Morgan fingerprint density at radius 3 is 1.53 bits per heavy atom. The predicted molar refractivity (Wildman–Crippen MR) is 119 cm³/mol. The van der Waals surface area contributed by atoms with E-state index in [0.29, 0.717) is 21.7 Å². The summed E-state index contributed by atoms with van der Waals surface area (Å²) in [4.78, 5) is 38.1. The summed E-state index contributed by atoms with van der Waals surface area (Å²) in [6.45, 7) is 0. The highest BCUT2D eigenvalue weighted by Gasteiger charge is 2.15. The van der Waals surface area contributed by atoms with Gasteiger partial charge in [-0.1, -0.05) is 30.3 Å². The van der Waals surface area contributed by atoms with Crippen LogP contribution in [0.1, 0.15) is 19.6 Å². The zero-order valence-corrected chi connectivity index (χ0v) is 17.0. The van der Waals surface area contributed by atoms with E-state index in [-0.39, 0.29) is 11.8 Å². The number of hydrogen-bond donors (Lipinski definition) is 2. The van der Waals surface area contributed by atoms with Crippen LogP contribution in [0.4, 0.5) is 11.6 Å². The number of nitrogens with one attached hydrogen (secondary N) is 2. The molecule has 30 heavy (non-hydrogen) atoms. The zero-order chi connectivity index (χ0) is 20.5. The van der Waals surface area contributed by atoms with Gasteiger partial charge in [-0.25, -0.2) is 15.0 Å². The monoisotopic (exact) mass is 431 g/mol. The molecule has 2 amide bonds. The maximum atomic E-state index is 12.5. The van der Waals surface area contributed by atoms with Crippen LogP contribution in [-0.4, -0.2) is 26.8 Å². The molecule has 2 aromatic carbocycles. The van der Waals surface area contributed by atoms with E-state index in [1.807, 2.05) is 48.5 Å². The molecule has 3 aromatic heterocycles. The SMILES string of the molecule is O=C(Nc1cccc(NC(=O)c2nc3ccccc3s2)n1)c1nc2ccccc2s1. The Morgan fingerprint density at radius 2 is 1.07 bits per heavy atom. The second-order valence-electron chi connectivity index (χ2n) is 6.29. The Bertz CT molecular complexity index is 1240. The molecule has 0 saturated heterocycles. The second kappa shape index (κ2) is 7.62. The molecule has 9 heteroatoms. The van der Waals surface area contributed by atoms with Crippen molar-refractivity contribution in [1.29, 1.82) is 0 Å². The normalized spacial score (nSPS) is 10.9. The Hall–Kier alpha value is -3.69. The summed E-state index contributed by atoms with van der Waals surface area (Å²) >= 11 is 2.62. The van der Waals surface area contributed by atoms with Crippen molar-refractivity contribution < 1.29 is 9.59 Å². The molecule has 0 aliphatic heterocycles. The fourth-order valence-corrected chi connectivity index (χ4v) is 4.57. The van der Waals surface area contributed by atoms with E-state index in [9.17, 15) is 9.59 Å². The molecule has 3 heterocycles. The number of amides is 2. The average Bonchev–Trinajstić information content (AvgIpc) is 3.38. The standard InChI is InChI=1S/C21H13N5O2S2/c27-18(20-22-12-6-1-3-8-14(12)29-20)25-16-10-5-11-17(24-16)26-19(28)21-23-13-7-2-4-9-15(13)30-21/h1-11H,(H2,24,25,26,27,28). The van der Waals surface area contributed by atoms with Gasteiger partial charge in [0.15, 0.2) is 10.0 Å².